The molecule has 0 aliphatic rings. The number of aryl methyl sites for hydroxylation is 1. The van der Waals surface area contributed by atoms with Crippen LogP contribution in [0.3, 0.4) is 0 Å². The molecule has 2 aromatic rings. The highest BCUT2D eigenvalue weighted by Gasteiger charge is 2.26. The first kappa shape index (κ1) is 19.4. The smallest absolute Gasteiger partial charge is 0.326 e. The van der Waals surface area contributed by atoms with E-state index in [-0.39, 0.29) is 18.0 Å². The average molecular weight is 361 g/mol. The summed E-state index contributed by atoms with van der Waals surface area (Å²) < 4.78 is 1.66. The molecule has 0 saturated heterocycles. The number of carboxylic acids is 2. The van der Waals surface area contributed by atoms with E-state index in [4.69, 9.17) is 5.11 Å². The minimum Gasteiger partial charge on any atom is -0.481 e. The summed E-state index contributed by atoms with van der Waals surface area (Å²) >= 11 is 0. The summed E-state index contributed by atoms with van der Waals surface area (Å²) in [7, 11) is 0. The Hall–Kier alpha value is -2.90. The first-order chi connectivity index (χ1) is 12.3. The highest BCUT2D eigenvalue weighted by atomic mass is 16.4. The van der Waals surface area contributed by atoms with E-state index in [9.17, 15) is 19.5 Å². The molecule has 2 rings (SSSR count). The number of carbonyl (C=O) groups is 3. The zero-order valence-corrected chi connectivity index (χ0v) is 14.8. The van der Waals surface area contributed by atoms with Gasteiger partial charge in [-0.25, -0.2) is 4.79 Å². The average Bonchev–Trinajstić information content (AvgIpc) is 2.94. The highest BCUT2D eigenvalue weighted by molar-refractivity contribution is 6.05. The zero-order chi connectivity index (χ0) is 19.3. The predicted octanol–water partition coefficient (Wildman–Crippen LogP) is 2.13. The van der Waals surface area contributed by atoms with Gasteiger partial charge in [-0.3, -0.25) is 14.3 Å². The molecule has 8 nitrogen and oxygen atoms in total. The summed E-state index contributed by atoms with van der Waals surface area (Å²) in [5.74, 6) is -2.73. The van der Waals surface area contributed by atoms with E-state index in [1.165, 1.54) is 0 Å². The summed E-state index contributed by atoms with van der Waals surface area (Å²) in [5, 5.41) is 25.5. The molecule has 3 N–H and O–H groups in total. The molecule has 1 aromatic heterocycles. The lowest BCUT2D eigenvalue weighted by Crippen LogP contribution is -2.44. The molecule has 1 amide bonds. The molecule has 1 unspecified atom stereocenters. The van der Waals surface area contributed by atoms with Crippen molar-refractivity contribution in [1.29, 1.82) is 0 Å². The second kappa shape index (κ2) is 8.46. The van der Waals surface area contributed by atoms with Gasteiger partial charge in [-0.05, 0) is 24.8 Å². The van der Waals surface area contributed by atoms with E-state index in [2.05, 4.69) is 10.4 Å². The second-order valence-electron chi connectivity index (χ2n) is 6.47. The van der Waals surface area contributed by atoms with Crippen molar-refractivity contribution in [3.05, 3.63) is 30.0 Å². The van der Waals surface area contributed by atoms with Gasteiger partial charge < -0.3 is 15.5 Å². The Bertz CT molecular complexity index is 812. The molecular formula is C18H23N3O5. The number of aliphatic carboxylic acids is 2. The number of hydrogen-bond donors (Lipinski definition) is 3. The number of aromatic nitrogens is 2. The number of fused-ring (bicyclic) bond motifs is 1. The fraction of sp³-hybridized carbons (Fsp3) is 0.444. The molecule has 0 aliphatic carbocycles. The van der Waals surface area contributed by atoms with Crippen LogP contribution in [-0.4, -0.2) is 43.9 Å². The number of rotatable bonds is 9. The summed E-state index contributed by atoms with van der Waals surface area (Å²) in [4.78, 5) is 34.5. The van der Waals surface area contributed by atoms with Crippen LogP contribution in [0.25, 0.3) is 10.9 Å². The van der Waals surface area contributed by atoms with Crippen LogP contribution in [0.15, 0.2) is 24.3 Å². The Morgan fingerprint density at radius 1 is 1.15 bits per heavy atom. The van der Waals surface area contributed by atoms with Crippen molar-refractivity contribution >= 4 is 28.7 Å². The molecule has 0 bridgehead atoms. The lowest BCUT2D eigenvalue weighted by atomic mass is 10.0. The number of unbranched alkanes of at least 4 members (excludes halogenated alkanes) is 1. The number of carbonyl (C=O) groups excluding carboxylic acids is 1. The maximum Gasteiger partial charge on any atom is 0.326 e. The van der Waals surface area contributed by atoms with Gasteiger partial charge in [0.15, 0.2) is 5.69 Å². The Balaban J connectivity index is 2.23. The lowest BCUT2D eigenvalue weighted by Gasteiger charge is -2.17. The van der Waals surface area contributed by atoms with Crippen molar-refractivity contribution in [2.45, 2.75) is 45.7 Å². The molecule has 0 spiro atoms. The summed E-state index contributed by atoms with van der Waals surface area (Å²) in [5.41, 5.74) is 0.926. The molecule has 1 atom stereocenters. The maximum atomic E-state index is 12.6. The van der Waals surface area contributed by atoms with Crippen LogP contribution in [0.2, 0.25) is 0 Å². The fourth-order valence-electron chi connectivity index (χ4n) is 2.73. The molecular weight excluding hydrogens is 338 g/mol. The molecule has 0 aliphatic heterocycles. The van der Waals surface area contributed by atoms with Gasteiger partial charge >= 0.3 is 11.9 Å². The third-order valence-electron chi connectivity index (χ3n) is 4.10. The molecule has 1 heterocycles. The van der Waals surface area contributed by atoms with Crippen molar-refractivity contribution in [1.82, 2.24) is 15.1 Å². The van der Waals surface area contributed by atoms with Gasteiger partial charge in [-0.15, -0.1) is 0 Å². The highest BCUT2D eigenvalue weighted by Crippen LogP contribution is 2.19. The van der Waals surface area contributed by atoms with Crippen molar-refractivity contribution in [2.24, 2.45) is 5.92 Å². The van der Waals surface area contributed by atoms with Crippen LogP contribution >= 0.6 is 0 Å². The summed E-state index contributed by atoms with van der Waals surface area (Å²) in [6.45, 7) is 3.92. The van der Waals surface area contributed by atoms with Crippen molar-refractivity contribution < 1.29 is 24.6 Å². The zero-order valence-electron chi connectivity index (χ0n) is 14.8. The number of amides is 1. The molecule has 140 valence electrons. The van der Waals surface area contributed by atoms with Crippen LogP contribution in [0, 0.1) is 5.92 Å². The van der Waals surface area contributed by atoms with Gasteiger partial charge in [0.2, 0.25) is 0 Å². The Morgan fingerprint density at radius 3 is 2.46 bits per heavy atom. The SMILES string of the molecule is CC(C)C(NC(=O)c1nn(CCCCC(=O)O)c2ccccc12)C(=O)O. The summed E-state index contributed by atoms with van der Waals surface area (Å²) in [6, 6.07) is 6.20. The molecule has 26 heavy (non-hydrogen) atoms. The number of benzene rings is 1. The largest absolute Gasteiger partial charge is 0.481 e. The monoisotopic (exact) mass is 361 g/mol. The van der Waals surface area contributed by atoms with E-state index in [1.54, 1.807) is 30.7 Å². The number of para-hydroxylation sites is 1. The number of carboxylic acid groups (broad SMARTS) is 2. The van der Waals surface area contributed by atoms with Gasteiger partial charge in [-0.2, -0.15) is 5.10 Å². The van der Waals surface area contributed by atoms with E-state index >= 15 is 0 Å². The molecule has 1 aromatic carbocycles. The fourth-order valence-corrected chi connectivity index (χ4v) is 2.73. The molecule has 8 heteroatoms. The number of hydrogen-bond acceptors (Lipinski definition) is 4. The topological polar surface area (TPSA) is 122 Å². The number of nitrogens with one attached hydrogen (secondary N) is 1. The third-order valence-corrected chi connectivity index (χ3v) is 4.10. The standard InChI is InChI=1S/C18H23N3O5/c1-11(2)15(18(25)26)19-17(24)16-12-7-3-4-8-13(12)21(20-16)10-6-5-9-14(22)23/h3-4,7-8,11,15H,5-6,9-10H2,1-2H3,(H,19,24)(H,22,23)(H,25,26). The number of nitrogens with zero attached hydrogens (tertiary/aromatic N) is 2. The van der Waals surface area contributed by atoms with E-state index < -0.39 is 23.9 Å². The lowest BCUT2D eigenvalue weighted by molar-refractivity contribution is -0.140. The van der Waals surface area contributed by atoms with Crippen LogP contribution in [-0.2, 0) is 16.1 Å². The van der Waals surface area contributed by atoms with E-state index in [0.717, 1.165) is 5.52 Å². The van der Waals surface area contributed by atoms with Gasteiger partial charge in [0.25, 0.3) is 5.91 Å². The minimum absolute atomic E-state index is 0.0845. The Morgan fingerprint density at radius 2 is 1.85 bits per heavy atom. The van der Waals surface area contributed by atoms with Crippen molar-refractivity contribution in [2.75, 3.05) is 0 Å². The van der Waals surface area contributed by atoms with Crippen LogP contribution < -0.4 is 5.32 Å². The quantitative estimate of drug-likeness (QED) is 0.588. The third kappa shape index (κ3) is 4.59. The van der Waals surface area contributed by atoms with Gasteiger partial charge in [0, 0.05) is 18.4 Å². The summed E-state index contributed by atoms with van der Waals surface area (Å²) in [6.07, 6.45) is 1.21. The Kier molecular flexibility index (Phi) is 6.32. The first-order valence-electron chi connectivity index (χ1n) is 8.52. The predicted molar refractivity (Wildman–Crippen MR) is 94.9 cm³/mol. The normalized spacial score (nSPS) is 12.3. The maximum absolute atomic E-state index is 12.6. The van der Waals surface area contributed by atoms with Crippen molar-refractivity contribution in [3.8, 4) is 0 Å². The van der Waals surface area contributed by atoms with Gasteiger partial charge in [0.05, 0.1) is 5.52 Å². The van der Waals surface area contributed by atoms with Gasteiger partial charge in [-0.1, -0.05) is 32.0 Å². The van der Waals surface area contributed by atoms with E-state index in [1.807, 2.05) is 12.1 Å². The van der Waals surface area contributed by atoms with Crippen LogP contribution in [0.5, 0.6) is 0 Å². The van der Waals surface area contributed by atoms with Crippen molar-refractivity contribution in [3.63, 3.8) is 0 Å². The molecule has 0 saturated carbocycles. The van der Waals surface area contributed by atoms with Crippen LogP contribution in [0.4, 0.5) is 0 Å². The second-order valence-corrected chi connectivity index (χ2v) is 6.47. The van der Waals surface area contributed by atoms with E-state index in [0.29, 0.717) is 24.8 Å². The molecule has 0 fully saturated rings. The Labute approximate surface area is 150 Å². The van der Waals surface area contributed by atoms with Gasteiger partial charge in [0.1, 0.15) is 6.04 Å². The minimum atomic E-state index is -1.09. The van der Waals surface area contributed by atoms with Crippen LogP contribution in [0.1, 0.15) is 43.6 Å². The first-order valence-corrected chi connectivity index (χ1v) is 8.52. The molecule has 0 radical (unpaired) electrons.